The summed E-state index contributed by atoms with van der Waals surface area (Å²) >= 11 is 0. The number of carboxylic acid groups (broad SMARTS) is 1. The first-order chi connectivity index (χ1) is 10.6. The normalized spacial score (nSPS) is 22.0. The number of carbonyl (C=O) groups excluding carboxylic acids is 1. The van der Waals surface area contributed by atoms with Gasteiger partial charge in [-0.15, -0.1) is 0 Å². The van der Waals surface area contributed by atoms with Crippen molar-refractivity contribution in [2.24, 2.45) is 5.92 Å². The monoisotopic (exact) mass is 330 g/mol. The standard InChI is InChI=1S/C15H17F3N2O3/c1-8-5-6-20(11(7-8)14(22)23)13(21)10-3-4-12(15(16,17)18)19-9(10)2/h3-4,8,11H,5-7H2,1-2H3,(H,22,23). The Hall–Kier alpha value is -2.12. The van der Waals surface area contributed by atoms with Crippen LogP contribution in [0.1, 0.15) is 41.5 Å². The molecular formula is C15H17F3N2O3. The smallest absolute Gasteiger partial charge is 0.433 e. The Labute approximate surface area is 131 Å². The van der Waals surface area contributed by atoms with E-state index in [4.69, 9.17) is 0 Å². The van der Waals surface area contributed by atoms with Crippen LogP contribution in [-0.2, 0) is 11.0 Å². The van der Waals surface area contributed by atoms with Crippen molar-refractivity contribution >= 4 is 11.9 Å². The molecule has 1 N–H and O–H groups in total. The highest BCUT2D eigenvalue weighted by molar-refractivity contribution is 5.97. The molecule has 0 radical (unpaired) electrons. The molecule has 1 aromatic rings. The first kappa shape index (κ1) is 17.2. The molecule has 2 atom stereocenters. The van der Waals surface area contributed by atoms with Crippen molar-refractivity contribution in [1.29, 1.82) is 0 Å². The van der Waals surface area contributed by atoms with Gasteiger partial charge in [0, 0.05) is 6.54 Å². The van der Waals surface area contributed by atoms with Gasteiger partial charge in [0.05, 0.1) is 11.3 Å². The molecule has 0 saturated carbocycles. The lowest BCUT2D eigenvalue weighted by molar-refractivity contribution is -0.144. The lowest BCUT2D eigenvalue weighted by Crippen LogP contribution is -2.50. The highest BCUT2D eigenvalue weighted by Gasteiger charge is 2.37. The third kappa shape index (κ3) is 3.62. The summed E-state index contributed by atoms with van der Waals surface area (Å²) in [5, 5.41) is 9.28. The molecule has 23 heavy (non-hydrogen) atoms. The number of nitrogens with zero attached hydrogens (tertiary/aromatic N) is 2. The van der Waals surface area contributed by atoms with Crippen LogP contribution in [0.2, 0.25) is 0 Å². The first-order valence-electron chi connectivity index (χ1n) is 7.20. The second-order valence-corrected chi connectivity index (χ2v) is 5.81. The number of amides is 1. The van der Waals surface area contributed by atoms with Crippen LogP contribution in [0, 0.1) is 12.8 Å². The minimum atomic E-state index is -4.59. The summed E-state index contributed by atoms with van der Waals surface area (Å²) in [4.78, 5) is 28.5. The summed E-state index contributed by atoms with van der Waals surface area (Å²) in [6.45, 7) is 3.48. The van der Waals surface area contributed by atoms with Crippen LogP contribution in [-0.4, -0.2) is 39.5 Å². The molecule has 2 heterocycles. The van der Waals surface area contributed by atoms with Crippen molar-refractivity contribution in [3.8, 4) is 0 Å². The number of hydrogen-bond acceptors (Lipinski definition) is 3. The van der Waals surface area contributed by atoms with Gasteiger partial charge in [-0.1, -0.05) is 6.92 Å². The Morgan fingerprint density at radius 3 is 2.52 bits per heavy atom. The Morgan fingerprint density at radius 2 is 2.00 bits per heavy atom. The zero-order chi connectivity index (χ0) is 17.4. The molecule has 126 valence electrons. The molecule has 2 unspecified atom stereocenters. The van der Waals surface area contributed by atoms with E-state index in [1.165, 1.54) is 11.8 Å². The van der Waals surface area contributed by atoms with Crippen LogP contribution in [0.15, 0.2) is 12.1 Å². The van der Waals surface area contributed by atoms with Gasteiger partial charge in [-0.2, -0.15) is 13.2 Å². The van der Waals surface area contributed by atoms with Crippen molar-refractivity contribution in [1.82, 2.24) is 9.88 Å². The van der Waals surface area contributed by atoms with E-state index in [0.29, 0.717) is 12.8 Å². The lowest BCUT2D eigenvalue weighted by Gasteiger charge is -2.36. The Balaban J connectivity index is 2.31. The van der Waals surface area contributed by atoms with Crippen molar-refractivity contribution in [3.63, 3.8) is 0 Å². The maximum atomic E-state index is 12.6. The molecule has 1 aliphatic rings. The number of carboxylic acids is 1. The quantitative estimate of drug-likeness (QED) is 0.905. The van der Waals surface area contributed by atoms with Gasteiger partial charge < -0.3 is 10.0 Å². The van der Waals surface area contributed by atoms with E-state index in [1.54, 1.807) is 0 Å². The van der Waals surface area contributed by atoms with E-state index in [9.17, 15) is 27.9 Å². The Morgan fingerprint density at radius 1 is 1.35 bits per heavy atom. The predicted molar refractivity (Wildman–Crippen MR) is 74.8 cm³/mol. The third-order valence-electron chi connectivity index (χ3n) is 4.02. The summed E-state index contributed by atoms with van der Waals surface area (Å²) in [5.74, 6) is -1.53. The Kier molecular flexibility index (Phi) is 4.63. The summed E-state index contributed by atoms with van der Waals surface area (Å²) in [7, 11) is 0. The van der Waals surface area contributed by atoms with Crippen molar-refractivity contribution in [3.05, 3.63) is 29.1 Å². The number of halogens is 3. The largest absolute Gasteiger partial charge is 0.480 e. The number of aryl methyl sites for hydroxylation is 1. The zero-order valence-electron chi connectivity index (χ0n) is 12.7. The molecule has 0 spiro atoms. The predicted octanol–water partition coefficient (Wildman–Crippen LogP) is 2.73. The summed E-state index contributed by atoms with van der Waals surface area (Å²) in [6, 6.07) is 0.834. The fourth-order valence-corrected chi connectivity index (χ4v) is 2.72. The molecule has 5 nitrogen and oxygen atoms in total. The van der Waals surface area contributed by atoms with Crippen LogP contribution >= 0.6 is 0 Å². The van der Waals surface area contributed by atoms with E-state index in [1.807, 2.05) is 6.92 Å². The van der Waals surface area contributed by atoms with Gasteiger partial charge in [0.15, 0.2) is 0 Å². The third-order valence-corrected chi connectivity index (χ3v) is 4.02. The van der Waals surface area contributed by atoms with Crippen LogP contribution in [0.4, 0.5) is 13.2 Å². The summed E-state index contributed by atoms with van der Waals surface area (Å²) < 4.78 is 37.9. The Bertz CT molecular complexity index is 631. The molecule has 0 aliphatic carbocycles. The van der Waals surface area contributed by atoms with Crippen molar-refractivity contribution in [2.45, 2.75) is 38.9 Å². The van der Waals surface area contributed by atoms with Gasteiger partial charge in [0.1, 0.15) is 11.7 Å². The number of carbonyl (C=O) groups is 2. The number of alkyl halides is 3. The number of rotatable bonds is 2. The molecule has 0 bridgehead atoms. The van der Waals surface area contributed by atoms with E-state index in [2.05, 4.69) is 4.98 Å². The minimum absolute atomic E-state index is 0.00111. The number of piperidine rings is 1. The average Bonchev–Trinajstić information content (AvgIpc) is 2.45. The molecule has 1 aromatic heterocycles. The second-order valence-electron chi connectivity index (χ2n) is 5.81. The summed E-state index contributed by atoms with van der Waals surface area (Å²) in [5.41, 5.74) is -1.14. The highest BCUT2D eigenvalue weighted by atomic mass is 19.4. The van der Waals surface area contributed by atoms with Gasteiger partial charge in [-0.05, 0) is 37.8 Å². The van der Waals surface area contributed by atoms with Crippen LogP contribution in [0.25, 0.3) is 0 Å². The van der Waals surface area contributed by atoms with E-state index in [-0.39, 0.29) is 23.7 Å². The van der Waals surface area contributed by atoms with Gasteiger partial charge in [0.25, 0.3) is 5.91 Å². The molecule has 1 amide bonds. The van der Waals surface area contributed by atoms with Gasteiger partial charge in [0.2, 0.25) is 0 Å². The van der Waals surface area contributed by atoms with Crippen LogP contribution in [0.3, 0.4) is 0 Å². The number of aromatic nitrogens is 1. The van der Waals surface area contributed by atoms with E-state index >= 15 is 0 Å². The zero-order valence-corrected chi connectivity index (χ0v) is 12.7. The average molecular weight is 330 g/mol. The number of aliphatic carboxylic acids is 1. The number of hydrogen-bond donors (Lipinski definition) is 1. The SMILES string of the molecule is Cc1nc(C(F)(F)F)ccc1C(=O)N1CCC(C)CC1C(=O)O. The summed E-state index contributed by atoms with van der Waals surface area (Å²) in [6.07, 6.45) is -3.60. The minimum Gasteiger partial charge on any atom is -0.480 e. The van der Waals surface area contributed by atoms with Gasteiger partial charge in [-0.25, -0.2) is 9.78 Å². The second kappa shape index (κ2) is 6.17. The topological polar surface area (TPSA) is 70.5 Å². The molecule has 0 aromatic carbocycles. The van der Waals surface area contributed by atoms with Crippen molar-refractivity contribution < 1.29 is 27.9 Å². The molecule has 8 heteroatoms. The number of likely N-dealkylation sites (tertiary alicyclic amines) is 1. The molecular weight excluding hydrogens is 313 g/mol. The highest BCUT2D eigenvalue weighted by Crippen LogP contribution is 2.29. The maximum Gasteiger partial charge on any atom is 0.433 e. The first-order valence-corrected chi connectivity index (χ1v) is 7.20. The lowest BCUT2D eigenvalue weighted by atomic mass is 9.91. The maximum absolute atomic E-state index is 12.6. The van der Waals surface area contributed by atoms with E-state index in [0.717, 1.165) is 12.1 Å². The van der Waals surface area contributed by atoms with Gasteiger partial charge >= 0.3 is 12.1 Å². The van der Waals surface area contributed by atoms with Crippen LogP contribution in [0.5, 0.6) is 0 Å². The molecule has 1 fully saturated rings. The molecule has 1 aliphatic heterocycles. The molecule has 2 rings (SSSR count). The van der Waals surface area contributed by atoms with Gasteiger partial charge in [-0.3, -0.25) is 4.79 Å². The van der Waals surface area contributed by atoms with Crippen molar-refractivity contribution in [2.75, 3.05) is 6.54 Å². The van der Waals surface area contributed by atoms with Crippen LogP contribution < -0.4 is 0 Å². The van der Waals surface area contributed by atoms with E-state index < -0.39 is 29.8 Å². The molecule has 1 saturated heterocycles. The fourth-order valence-electron chi connectivity index (χ4n) is 2.72. The fraction of sp³-hybridized carbons (Fsp3) is 0.533. The number of pyridine rings is 1.